The third kappa shape index (κ3) is 3.11. The van der Waals surface area contributed by atoms with E-state index in [1.807, 2.05) is 45.0 Å². The molecule has 32 heavy (non-hydrogen) atoms. The van der Waals surface area contributed by atoms with Crippen molar-refractivity contribution >= 4 is 17.3 Å². The maximum absolute atomic E-state index is 13.6. The maximum Gasteiger partial charge on any atom is 0.229 e. The standard InChI is InChI=1S/C27H24O5/c1-4-31-16-11-9-15(10-12-16)21-22-19(28)13-27(2,3)14-20(22)32-26-23(21)24(29)17-7-5-6-8-18(17)25(26)30/h5-12,21H,4,13-14H2,1-3H3. The van der Waals surface area contributed by atoms with Crippen molar-refractivity contribution in [3.8, 4) is 5.75 Å². The van der Waals surface area contributed by atoms with E-state index in [1.165, 1.54) is 0 Å². The number of Topliss-reactive ketones (excluding diaryl/α,β-unsaturated/α-hetero) is 3. The molecule has 5 nitrogen and oxygen atoms in total. The van der Waals surface area contributed by atoms with E-state index in [9.17, 15) is 14.4 Å². The van der Waals surface area contributed by atoms with Gasteiger partial charge in [0.2, 0.25) is 5.78 Å². The first-order chi connectivity index (χ1) is 15.3. The molecule has 162 valence electrons. The first-order valence-corrected chi connectivity index (χ1v) is 10.9. The Morgan fingerprint density at radius 2 is 1.56 bits per heavy atom. The zero-order valence-electron chi connectivity index (χ0n) is 18.4. The fourth-order valence-corrected chi connectivity index (χ4v) is 4.95. The summed E-state index contributed by atoms with van der Waals surface area (Å²) in [7, 11) is 0. The average Bonchev–Trinajstić information content (AvgIpc) is 2.76. The Hall–Kier alpha value is -3.47. The summed E-state index contributed by atoms with van der Waals surface area (Å²) >= 11 is 0. The minimum absolute atomic E-state index is 0.0409. The van der Waals surface area contributed by atoms with Gasteiger partial charge in [0, 0.05) is 35.5 Å². The third-order valence-corrected chi connectivity index (χ3v) is 6.32. The first kappa shape index (κ1) is 20.4. The number of allylic oxidation sites excluding steroid dienone is 4. The van der Waals surface area contributed by atoms with Crippen LogP contribution < -0.4 is 4.74 Å². The van der Waals surface area contributed by atoms with Crippen molar-refractivity contribution in [2.24, 2.45) is 5.41 Å². The van der Waals surface area contributed by atoms with Gasteiger partial charge in [0.25, 0.3) is 0 Å². The lowest BCUT2D eigenvalue weighted by Gasteiger charge is -2.39. The molecule has 1 heterocycles. The van der Waals surface area contributed by atoms with Gasteiger partial charge in [-0.1, -0.05) is 50.2 Å². The van der Waals surface area contributed by atoms with Gasteiger partial charge in [0.05, 0.1) is 12.2 Å². The minimum Gasteiger partial charge on any atom is -0.494 e. The Labute approximate surface area is 186 Å². The van der Waals surface area contributed by atoms with Crippen LogP contribution in [-0.2, 0) is 9.53 Å². The number of hydrogen-bond donors (Lipinski definition) is 0. The lowest BCUT2D eigenvalue weighted by molar-refractivity contribution is -0.119. The predicted molar refractivity (Wildman–Crippen MR) is 119 cm³/mol. The third-order valence-electron chi connectivity index (χ3n) is 6.32. The largest absolute Gasteiger partial charge is 0.494 e. The van der Waals surface area contributed by atoms with Crippen LogP contribution in [0.25, 0.3) is 0 Å². The summed E-state index contributed by atoms with van der Waals surface area (Å²) in [5.74, 6) is 0.00544. The highest BCUT2D eigenvalue weighted by molar-refractivity contribution is 6.27. The van der Waals surface area contributed by atoms with Crippen LogP contribution in [0.3, 0.4) is 0 Å². The molecule has 0 saturated heterocycles. The van der Waals surface area contributed by atoms with Gasteiger partial charge in [-0.15, -0.1) is 0 Å². The Kier molecular flexibility index (Phi) is 4.66. The van der Waals surface area contributed by atoms with E-state index in [0.29, 0.717) is 47.7 Å². The van der Waals surface area contributed by atoms with E-state index in [-0.39, 0.29) is 34.1 Å². The highest BCUT2D eigenvalue weighted by Gasteiger charge is 2.48. The van der Waals surface area contributed by atoms with Crippen molar-refractivity contribution in [3.63, 3.8) is 0 Å². The van der Waals surface area contributed by atoms with E-state index in [2.05, 4.69) is 0 Å². The number of rotatable bonds is 3. The molecule has 0 amide bonds. The van der Waals surface area contributed by atoms with E-state index in [1.54, 1.807) is 24.3 Å². The molecule has 3 aliphatic rings. The highest BCUT2D eigenvalue weighted by Crippen LogP contribution is 2.51. The molecule has 1 unspecified atom stereocenters. The Balaban J connectivity index is 1.71. The van der Waals surface area contributed by atoms with Gasteiger partial charge in [0.15, 0.2) is 17.3 Å². The van der Waals surface area contributed by atoms with Crippen LogP contribution in [0.2, 0.25) is 0 Å². The van der Waals surface area contributed by atoms with Gasteiger partial charge >= 0.3 is 0 Å². The van der Waals surface area contributed by atoms with Crippen molar-refractivity contribution < 1.29 is 23.9 Å². The van der Waals surface area contributed by atoms with Crippen molar-refractivity contribution in [2.75, 3.05) is 6.61 Å². The summed E-state index contributed by atoms with van der Waals surface area (Å²) in [5.41, 5.74) is 1.93. The van der Waals surface area contributed by atoms with Crippen LogP contribution in [-0.4, -0.2) is 24.0 Å². The second-order valence-electron chi connectivity index (χ2n) is 9.26. The lowest BCUT2D eigenvalue weighted by Crippen LogP contribution is -2.37. The molecule has 2 aromatic rings. The molecule has 2 aliphatic carbocycles. The molecular formula is C27H24O5. The van der Waals surface area contributed by atoms with E-state index in [4.69, 9.17) is 9.47 Å². The lowest BCUT2D eigenvalue weighted by atomic mass is 9.67. The molecule has 0 N–H and O–H groups in total. The first-order valence-electron chi connectivity index (χ1n) is 10.9. The molecule has 0 aromatic heterocycles. The smallest absolute Gasteiger partial charge is 0.229 e. The molecule has 1 atom stereocenters. The number of hydrogen-bond acceptors (Lipinski definition) is 5. The highest BCUT2D eigenvalue weighted by atomic mass is 16.5. The molecule has 5 rings (SSSR count). The molecular weight excluding hydrogens is 404 g/mol. The van der Waals surface area contributed by atoms with Crippen LogP contribution in [0.15, 0.2) is 71.2 Å². The predicted octanol–water partition coefficient (Wildman–Crippen LogP) is 5.18. The molecule has 0 bridgehead atoms. The normalized spacial score (nSPS) is 21.6. The number of fused-ring (bicyclic) bond motifs is 1. The van der Waals surface area contributed by atoms with Crippen LogP contribution in [0.5, 0.6) is 5.75 Å². The molecule has 2 aromatic carbocycles. The summed E-state index contributed by atoms with van der Waals surface area (Å²) in [5, 5.41) is 0. The Bertz CT molecular complexity index is 1230. The molecule has 0 fully saturated rings. The van der Waals surface area contributed by atoms with Crippen LogP contribution in [0, 0.1) is 5.41 Å². The average molecular weight is 428 g/mol. The van der Waals surface area contributed by atoms with Crippen LogP contribution in [0.1, 0.15) is 65.8 Å². The zero-order valence-corrected chi connectivity index (χ0v) is 18.4. The Morgan fingerprint density at radius 1 is 0.906 bits per heavy atom. The van der Waals surface area contributed by atoms with Crippen molar-refractivity contribution in [1.29, 1.82) is 0 Å². The summed E-state index contributed by atoms with van der Waals surface area (Å²) in [6, 6.07) is 14.2. The van der Waals surface area contributed by atoms with E-state index >= 15 is 0 Å². The van der Waals surface area contributed by atoms with Crippen LogP contribution >= 0.6 is 0 Å². The fraction of sp³-hybridized carbons (Fsp3) is 0.296. The molecule has 0 saturated carbocycles. The van der Waals surface area contributed by atoms with Crippen molar-refractivity contribution in [3.05, 3.63) is 87.9 Å². The van der Waals surface area contributed by atoms with Crippen molar-refractivity contribution in [2.45, 2.75) is 39.5 Å². The van der Waals surface area contributed by atoms with Crippen LogP contribution in [0.4, 0.5) is 0 Å². The number of carbonyl (C=O) groups is 3. The minimum atomic E-state index is -0.641. The van der Waals surface area contributed by atoms with Gasteiger partial charge in [-0.3, -0.25) is 14.4 Å². The number of benzene rings is 2. The number of carbonyl (C=O) groups excluding carboxylic acids is 3. The van der Waals surface area contributed by atoms with Gasteiger partial charge < -0.3 is 9.47 Å². The fourth-order valence-electron chi connectivity index (χ4n) is 4.95. The van der Waals surface area contributed by atoms with Gasteiger partial charge in [-0.25, -0.2) is 0 Å². The summed E-state index contributed by atoms with van der Waals surface area (Å²) in [4.78, 5) is 40.3. The zero-order chi connectivity index (χ0) is 22.6. The molecule has 5 heteroatoms. The van der Waals surface area contributed by atoms with Gasteiger partial charge in [0.1, 0.15) is 11.5 Å². The second-order valence-corrected chi connectivity index (χ2v) is 9.26. The van der Waals surface area contributed by atoms with E-state index < -0.39 is 5.92 Å². The second kappa shape index (κ2) is 7.30. The van der Waals surface area contributed by atoms with Gasteiger partial charge in [-0.05, 0) is 30.0 Å². The topological polar surface area (TPSA) is 69.7 Å². The Morgan fingerprint density at radius 3 is 2.22 bits per heavy atom. The summed E-state index contributed by atoms with van der Waals surface area (Å²) in [6.45, 7) is 6.47. The molecule has 0 spiro atoms. The van der Waals surface area contributed by atoms with Crippen molar-refractivity contribution in [1.82, 2.24) is 0 Å². The molecule has 1 aliphatic heterocycles. The maximum atomic E-state index is 13.6. The number of ether oxygens (including phenoxy) is 2. The quantitative estimate of drug-likeness (QED) is 0.674. The van der Waals surface area contributed by atoms with E-state index in [0.717, 1.165) is 5.56 Å². The molecule has 0 radical (unpaired) electrons. The summed E-state index contributed by atoms with van der Waals surface area (Å²) < 4.78 is 11.7. The van der Waals surface area contributed by atoms with Gasteiger partial charge in [-0.2, -0.15) is 0 Å². The number of ketones is 3. The SMILES string of the molecule is CCOc1ccc(C2C3=C(CC(C)(C)CC3=O)OC3=C2C(=O)c2ccccc2C3=O)cc1. The monoisotopic (exact) mass is 428 g/mol. The summed E-state index contributed by atoms with van der Waals surface area (Å²) in [6.07, 6.45) is 0.894.